The zero-order chi connectivity index (χ0) is 13.2. The highest BCUT2D eigenvalue weighted by Gasteiger charge is 2.38. The van der Waals surface area contributed by atoms with Crippen molar-refractivity contribution < 1.29 is 15.3 Å². The maximum absolute atomic E-state index is 12.3. The molecule has 1 aliphatic carbocycles. The molecule has 5 heteroatoms. The number of quaternary nitrogens is 1. The van der Waals surface area contributed by atoms with E-state index in [4.69, 9.17) is 5.73 Å². The van der Waals surface area contributed by atoms with Crippen LogP contribution in [-0.2, 0) is 13.0 Å². The largest absolute Gasteiger partial charge is 0.395 e. The normalized spacial score (nSPS) is 22.5. The number of ketones is 2. The summed E-state index contributed by atoms with van der Waals surface area (Å²) in [5, 5.41) is 0. The molecule has 94 valence electrons. The highest BCUT2D eigenvalue weighted by molar-refractivity contribution is 6.26. The third-order valence-electron chi connectivity index (χ3n) is 3.99. The van der Waals surface area contributed by atoms with Gasteiger partial charge in [0.05, 0.1) is 17.8 Å². The molecule has 0 unspecified atom stereocenters. The third kappa shape index (κ3) is 1.14. The van der Waals surface area contributed by atoms with Gasteiger partial charge in [0.25, 0.3) is 0 Å². The molecule has 0 saturated carbocycles. The first-order valence-corrected chi connectivity index (χ1v) is 6.04. The number of Topliss-reactive ketones (excluding diaryl/α,β-unsaturated/α-hetero) is 2. The fourth-order valence-electron chi connectivity index (χ4n) is 2.97. The van der Waals surface area contributed by atoms with Crippen molar-refractivity contribution in [2.24, 2.45) is 5.73 Å². The Morgan fingerprint density at radius 1 is 1.28 bits per heavy atom. The zero-order valence-corrected chi connectivity index (χ0v) is 10.5. The molecule has 1 aromatic heterocycles. The van der Waals surface area contributed by atoms with Crippen molar-refractivity contribution in [2.45, 2.75) is 32.9 Å². The quantitative estimate of drug-likeness (QED) is 0.651. The third-order valence-corrected chi connectivity index (χ3v) is 3.99. The molecular weight excluding hydrogens is 230 g/mol. The maximum atomic E-state index is 12.3. The first-order chi connectivity index (χ1) is 8.43. The van der Waals surface area contributed by atoms with Crippen molar-refractivity contribution in [3.63, 3.8) is 0 Å². The van der Waals surface area contributed by atoms with Crippen molar-refractivity contribution in [3.05, 3.63) is 33.8 Å². The number of carbonyl (C=O) groups excluding carboxylic acids is 2. The van der Waals surface area contributed by atoms with Crippen LogP contribution in [0.5, 0.6) is 0 Å². The van der Waals surface area contributed by atoms with Gasteiger partial charge in [0.1, 0.15) is 11.7 Å². The lowest BCUT2D eigenvalue weighted by Gasteiger charge is -2.16. The number of nitrogens with two attached hydrogens (primary N) is 1. The second-order valence-electron chi connectivity index (χ2n) is 5.17. The Labute approximate surface area is 104 Å². The van der Waals surface area contributed by atoms with Crippen molar-refractivity contribution in [2.75, 3.05) is 0 Å². The Hall–Kier alpha value is -1.88. The van der Waals surface area contributed by atoms with Crippen LogP contribution in [0.3, 0.4) is 0 Å². The maximum Gasteiger partial charge on any atom is 0.211 e. The van der Waals surface area contributed by atoms with E-state index in [9.17, 15) is 9.59 Å². The van der Waals surface area contributed by atoms with Crippen LogP contribution in [-0.4, -0.2) is 22.2 Å². The lowest BCUT2D eigenvalue weighted by molar-refractivity contribution is -0.418. The van der Waals surface area contributed by atoms with Crippen molar-refractivity contribution in [1.82, 2.24) is 4.57 Å². The van der Waals surface area contributed by atoms with Crippen LogP contribution in [0.1, 0.15) is 39.0 Å². The summed E-state index contributed by atoms with van der Waals surface area (Å²) < 4.78 is 1.96. The lowest BCUT2D eigenvalue weighted by atomic mass is 9.90. The standard InChI is InChI=1S/C13H15N3O2/c1-5-8-3-7(14)4-16(8)11-9(5)13(18)10(15)6(2)12(11)17/h7H,3-4,14-15H2,1-2H3/p+1/t7-/m1/s1. The zero-order valence-electron chi connectivity index (χ0n) is 10.5. The summed E-state index contributed by atoms with van der Waals surface area (Å²) in [6, 6.07) is 0.274. The van der Waals surface area contributed by atoms with E-state index in [-0.39, 0.29) is 23.3 Å². The van der Waals surface area contributed by atoms with E-state index < -0.39 is 0 Å². The van der Waals surface area contributed by atoms with E-state index >= 15 is 0 Å². The lowest BCUT2D eigenvalue weighted by Crippen LogP contribution is -2.61. The molecule has 5 N–H and O–H groups in total. The summed E-state index contributed by atoms with van der Waals surface area (Å²) in [4.78, 5) is 24.5. The molecule has 0 aromatic carbocycles. The minimum atomic E-state index is -0.206. The van der Waals surface area contributed by atoms with Crippen molar-refractivity contribution in [3.8, 4) is 0 Å². The highest BCUT2D eigenvalue weighted by Crippen LogP contribution is 2.33. The number of allylic oxidation sites excluding steroid dienone is 2. The van der Waals surface area contributed by atoms with Crippen molar-refractivity contribution >= 4 is 11.6 Å². The van der Waals surface area contributed by atoms with E-state index in [0.717, 1.165) is 17.7 Å². The molecular formula is C13H16N3O2+. The number of nitrogens with zero attached hydrogens (tertiary/aromatic N) is 1. The molecule has 0 fully saturated rings. The molecule has 1 atom stereocenters. The summed E-state index contributed by atoms with van der Waals surface area (Å²) in [6.07, 6.45) is 0.818. The topological polar surface area (TPSA) is 92.7 Å². The molecule has 3 rings (SSSR count). The van der Waals surface area contributed by atoms with Gasteiger partial charge in [-0.25, -0.2) is 0 Å². The SMILES string of the molecule is CC1=C(N)C(=O)c2c(C)c3n(c2C1=O)C[C@H]([NH3+])C3. The molecule has 0 spiro atoms. The number of aromatic nitrogens is 1. The monoisotopic (exact) mass is 246 g/mol. The molecule has 1 aromatic rings. The molecule has 1 aliphatic heterocycles. The summed E-state index contributed by atoms with van der Waals surface area (Å²) in [5.74, 6) is -0.326. The van der Waals surface area contributed by atoms with Gasteiger partial charge in [0.15, 0.2) is 0 Å². The molecule has 0 amide bonds. The first kappa shape index (κ1) is 11.2. The number of hydrogen-bond donors (Lipinski definition) is 2. The van der Waals surface area contributed by atoms with Crippen LogP contribution < -0.4 is 11.5 Å². The van der Waals surface area contributed by atoms with E-state index in [1.165, 1.54) is 0 Å². The predicted molar refractivity (Wildman–Crippen MR) is 65.1 cm³/mol. The fraction of sp³-hybridized carbons (Fsp3) is 0.385. The van der Waals surface area contributed by atoms with Gasteiger partial charge >= 0.3 is 0 Å². The predicted octanol–water partition coefficient (Wildman–Crippen LogP) is -0.425. The Balaban J connectivity index is 2.32. The fourth-order valence-corrected chi connectivity index (χ4v) is 2.97. The molecule has 0 bridgehead atoms. The van der Waals surface area contributed by atoms with E-state index in [2.05, 4.69) is 5.73 Å². The average molecular weight is 246 g/mol. The van der Waals surface area contributed by atoms with Crippen LogP contribution in [0.15, 0.2) is 11.3 Å². The van der Waals surface area contributed by atoms with E-state index in [0.29, 0.717) is 23.4 Å². The molecule has 0 radical (unpaired) electrons. The van der Waals surface area contributed by atoms with Crippen LogP contribution in [0.2, 0.25) is 0 Å². The van der Waals surface area contributed by atoms with Crippen LogP contribution in [0.4, 0.5) is 0 Å². The number of rotatable bonds is 0. The van der Waals surface area contributed by atoms with E-state index in [1.54, 1.807) is 6.92 Å². The minimum absolute atomic E-state index is 0.0889. The molecule has 18 heavy (non-hydrogen) atoms. The van der Waals surface area contributed by atoms with Gasteiger partial charge in [-0.15, -0.1) is 0 Å². The molecule has 2 aliphatic rings. The Kier molecular flexibility index (Phi) is 2.07. The molecule has 5 nitrogen and oxygen atoms in total. The van der Waals surface area contributed by atoms with Crippen molar-refractivity contribution in [1.29, 1.82) is 0 Å². The summed E-state index contributed by atoms with van der Waals surface area (Å²) in [5.41, 5.74) is 13.2. The second-order valence-corrected chi connectivity index (χ2v) is 5.17. The minimum Gasteiger partial charge on any atom is -0.395 e. The van der Waals surface area contributed by atoms with Gasteiger partial charge in [-0.2, -0.15) is 0 Å². The van der Waals surface area contributed by atoms with Crippen LogP contribution in [0.25, 0.3) is 0 Å². The number of carbonyl (C=O) groups is 2. The molecule has 0 saturated heterocycles. The van der Waals surface area contributed by atoms with Gasteiger partial charge < -0.3 is 16.0 Å². The number of fused-ring (bicyclic) bond motifs is 3. The van der Waals surface area contributed by atoms with Gasteiger partial charge in [0, 0.05) is 17.7 Å². The summed E-state index contributed by atoms with van der Waals surface area (Å²) in [7, 11) is 0. The Bertz CT molecular complexity index is 637. The van der Waals surface area contributed by atoms with Gasteiger partial charge in [-0.05, 0) is 19.4 Å². The van der Waals surface area contributed by atoms with Crippen LogP contribution >= 0.6 is 0 Å². The van der Waals surface area contributed by atoms with Gasteiger partial charge in [-0.3, -0.25) is 9.59 Å². The second kappa shape index (κ2) is 3.32. The Morgan fingerprint density at radius 3 is 2.61 bits per heavy atom. The summed E-state index contributed by atoms with van der Waals surface area (Å²) >= 11 is 0. The summed E-state index contributed by atoms with van der Waals surface area (Å²) in [6.45, 7) is 4.21. The smallest absolute Gasteiger partial charge is 0.211 e. The van der Waals surface area contributed by atoms with E-state index in [1.807, 2.05) is 11.5 Å². The highest BCUT2D eigenvalue weighted by atomic mass is 16.1. The first-order valence-electron chi connectivity index (χ1n) is 6.04. The van der Waals surface area contributed by atoms with Gasteiger partial charge in [0.2, 0.25) is 11.6 Å². The number of hydrogen-bond acceptors (Lipinski definition) is 3. The van der Waals surface area contributed by atoms with Crippen LogP contribution in [0, 0.1) is 6.92 Å². The van der Waals surface area contributed by atoms with Gasteiger partial charge in [-0.1, -0.05) is 0 Å². The Morgan fingerprint density at radius 2 is 1.94 bits per heavy atom. The average Bonchev–Trinajstić information content (AvgIpc) is 2.81. The molecule has 2 heterocycles.